The van der Waals surface area contributed by atoms with Crippen molar-refractivity contribution in [3.8, 4) is 0 Å². The number of carbonyl (C=O) groups is 3. The lowest BCUT2D eigenvalue weighted by atomic mass is 9.96. The number of anilines is 1. The SMILES string of the molecule is O=C(Nc1cccc(Cl)c1)c1nnc(C(=O)N2CCC(C(=O)NCc3ccccn3)CC2)s1. The molecule has 1 fully saturated rings. The Balaban J connectivity index is 1.28. The Hall–Kier alpha value is -3.37. The van der Waals surface area contributed by atoms with Gasteiger partial charge in [-0.3, -0.25) is 19.4 Å². The van der Waals surface area contributed by atoms with Gasteiger partial charge in [0.05, 0.1) is 12.2 Å². The maximum absolute atomic E-state index is 12.8. The van der Waals surface area contributed by atoms with E-state index in [9.17, 15) is 14.4 Å². The Kier molecular flexibility index (Phi) is 7.26. The molecule has 0 spiro atoms. The van der Waals surface area contributed by atoms with Crippen LogP contribution in [0, 0.1) is 5.92 Å². The first-order chi connectivity index (χ1) is 16.0. The first kappa shape index (κ1) is 22.8. The lowest BCUT2D eigenvalue weighted by Crippen LogP contribution is -2.43. The highest BCUT2D eigenvalue weighted by Gasteiger charge is 2.29. The third kappa shape index (κ3) is 5.91. The van der Waals surface area contributed by atoms with E-state index in [-0.39, 0.29) is 27.7 Å². The number of rotatable bonds is 6. The first-order valence-corrected chi connectivity index (χ1v) is 11.6. The number of amides is 3. The van der Waals surface area contributed by atoms with Crippen molar-refractivity contribution in [3.05, 3.63) is 69.4 Å². The van der Waals surface area contributed by atoms with Gasteiger partial charge >= 0.3 is 0 Å². The van der Waals surface area contributed by atoms with Crippen LogP contribution >= 0.6 is 22.9 Å². The molecule has 1 saturated heterocycles. The molecule has 3 aromatic rings. The Bertz CT molecular complexity index is 1150. The highest BCUT2D eigenvalue weighted by atomic mass is 35.5. The summed E-state index contributed by atoms with van der Waals surface area (Å²) in [5.41, 5.74) is 1.32. The van der Waals surface area contributed by atoms with Gasteiger partial charge < -0.3 is 15.5 Å². The van der Waals surface area contributed by atoms with E-state index in [1.807, 2.05) is 18.2 Å². The molecule has 0 unspecified atom stereocenters. The van der Waals surface area contributed by atoms with Gasteiger partial charge in [-0.25, -0.2) is 0 Å². The number of carbonyl (C=O) groups excluding carboxylic acids is 3. The van der Waals surface area contributed by atoms with Crippen molar-refractivity contribution < 1.29 is 14.4 Å². The minimum absolute atomic E-state index is 0.0383. The zero-order valence-corrected chi connectivity index (χ0v) is 19.1. The van der Waals surface area contributed by atoms with Crippen LogP contribution in [0.3, 0.4) is 0 Å². The molecule has 0 radical (unpaired) electrons. The van der Waals surface area contributed by atoms with Gasteiger partial charge in [-0.2, -0.15) is 0 Å². The van der Waals surface area contributed by atoms with Gasteiger partial charge in [0.25, 0.3) is 11.8 Å². The van der Waals surface area contributed by atoms with Crippen LogP contribution in [-0.2, 0) is 11.3 Å². The van der Waals surface area contributed by atoms with Gasteiger partial charge in [0.2, 0.25) is 15.9 Å². The summed E-state index contributed by atoms with van der Waals surface area (Å²) in [6, 6.07) is 12.3. The standard InChI is InChI=1S/C22H21ClN6O3S/c23-15-4-3-6-16(12-15)26-19(31)20-27-28-21(33-20)22(32)29-10-7-14(8-11-29)18(30)25-13-17-5-1-2-9-24-17/h1-6,9,12,14H,7-8,10-11,13H2,(H,25,30)(H,26,31). The lowest BCUT2D eigenvalue weighted by Gasteiger charge is -2.30. The van der Waals surface area contributed by atoms with Crippen LogP contribution in [-0.4, -0.2) is 50.9 Å². The molecular formula is C22H21ClN6O3S. The molecule has 1 aliphatic heterocycles. The van der Waals surface area contributed by atoms with Gasteiger partial charge in [0, 0.05) is 35.9 Å². The molecule has 0 bridgehead atoms. The van der Waals surface area contributed by atoms with Gasteiger partial charge in [0.15, 0.2) is 0 Å². The number of hydrogen-bond donors (Lipinski definition) is 2. The van der Waals surface area contributed by atoms with Crippen LogP contribution < -0.4 is 10.6 Å². The predicted molar refractivity (Wildman–Crippen MR) is 124 cm³/mol. The summed E-state index contributed by atoms with van der Waals surface area (Å²) in [5.74, 6) is -0.950. The molecule has 1 aromatic carbocycles. The number of pyridine rings is 1. The minimum atomic E-state index is -0.461. The van der Waals surface area contributed by atoms with Crippen molar-refractivity contribution in [2.75, 3.05) is 18.4 Å². The molecule has 9 nitrogen and oxygen atoms in total. The second-order valence-corrected chi connectivity index (χ2v) is 8.90. The third-order valence-corrected chi connectivity index (χ3v) is 6.35. The molecule has 33 heavy (non-hydrogen) atoms. The number of nitrogens with zero attached hydrogens (tertiary/aromatic N) is 4. The van der Waals surface area contributed by atoms with E-state index in [0.717, 1.165) is 17.0 Å². The second-order valence-electron chi connectivity index (χ2n) is 7.48. The molecule has 11 heteroatoms. The largest absolute Gasteiger partial charge is 0.350 e. The Morgan fingerprint density at radius 3 is 2.58 bits per heavy atom. The van der Waals surface area contributed by atoms with Crippen LogP contribution in [0.15, 0.2) is 48.7 Å². The molecule has 2 N–H and O–H groups in total. The first-order valence-electron chi connectivity index (χ1n) is 10.4. The number of piperidine rings is 1. The second kappa shape index (κ2) is 10.5. The van der Waals surface area contributed by atoms with E-state index in [1.165, 1.54) is 0 Å². The number of nitrogens with one attached hydrogen (secondary N) is 2. The minimum Gasteiger partial charge on any atom is -0.350 e. The van der Waals surface area contributed by atoms with Crippen LogP contribution in [0.1, 0.15) is 38.1 Å². The van der Waals surface area contributed by atoms with E-state index in [2.05, 4.69) is 25.8 Å². The van der Waals surface area contributed by atoms with Crippen molar-refractivity contribution in [1.29, 1.82) is 0 Å². The van der Waals surface area contributed by atoms with Crippen LogP contribution in [0.25, 0.3) is 0 Å². The Morgan fingerprint density at radius 2 is 1.85 bits per heavy atom. The number of halogens is 1. The van der Waals surface area contributed by atoms with Crippen molar-refractivity contribution >= 4 is 46.3 Å². The topological polar surface area (TPSA) is 117 Å². The number of likely N-dealkylation sites (tertiary alicyclic amines) is 1. The van der Waals surface area contributed by atoms with Gasteiger partial charge in [-0.05, 0) is 43.2 Å². The molecule has 2 aromatic heterocycles. The maximum atomic E-state index is 12.8. The average Bonchev–Trinajstić information content (AvgIpc) is 3.33. The van der Waals surface area contributed by atoms with Crippen molar-refractivity contribution in [3.63, 3.8) is 0 Å². The fourth-order valence-electron chi connectivity index (χ4n) is 3.46. The molecule has 0 aliphatic carbocycles. The van der Waals surface area contributed by atoms with E-state index in [4.69, 9.17) is 11.6 Å². The molecule has 0 atom stereocenters. The molecular weight excluding hydrogens is 464 g/mol. The van der Waals surface area contributed by atoms with Gasteiger partial charge in [-0.1, -0.05) is 35.1 Å². The quantitative estimate of drug-likeness (QED) is 0.555. The predicted octanol–water partition coefficient (Wildman–Crippen LogP) is 3.01. The summed E-state index contributed by atoms with van der Waals surface area (Å²) in [7, 11) is 0. The van der Waals surface area contributed by atoms with Crippen LogP contribution in [0.5, 0.6) is 0 Å². The zero-order valence-electron chi connectivity index (χ0n) is 17.5. The summed E-state index contributed by atoms with van der Waals surface area (Å²) in [6.07, 6.45) is 2.80. The van der Waals surface area contributed by atoms with E-state index < -0.39 is 5.91 Å². The van der Waals surface area contributed by atoms with E-state index in [1.54, 1.807) is 35.4 Å². The molecule has 170 valence electrons. The monoisotopic (exact) mass is 484 g/mol. The summed E-state index contributed by atoms with van der Waals surface area (Å²) < 4.78 is 0. The summed E-state index contributed by atoms with van der Waals surface area (Å²) >= 11 is 6.86. The lowest BCUT2D eigenvalue weighted by molar-refractivity contribution is -0.126. The third-order valence-electron chi connectivity index (χ3n) is 5.21. The molecule has 0 saturated carbocycles. The normalized spacial score (nSPS) is 14.0. The molecule has 4 rings (SSSR count). The average molecular weight is 485 g/mol. The highest BCUT2D eigenvalue weighted by Crippen LogP contribution is 2.22. The number of aromatic nitrogens is 3. The fraction of sp³-hybridized carbons (Fsp3) is 0.273. The van der Waals surface area contributed by atoms with E-state index in [0.29, 0.717) is 43.2 Å². The van der Waals surface area contributed by atoms with Crippen molar-refractivity contribution in [1.82, 2.24) is 25.4 Å². The maximum Gasteiger partial charge on any atom is 0.286 e. The molecule has 3 amide bonds. The Morgan fingerprint density at radius 1 is 1.06 bits per heavy atom. The van der Waals surface area contributed by atoms with Gasteiger partial charge in [-0.15, -0.1) is 10.2 Å². The smallest absolute Gasteiger partial charge is 0.286 e. The van der Waals surface area contributed by atoms with Crippen LogP contribution in [0.2, 0.25) is 5.02 Å². The van der Waals surface area contributed by atoms with Crippen molar-refractivity contribution in [2.45, 2.75) is 19.4 Å². The number of hydrogen-bond acceptors (Lipinski definition) is 7. The van der Waals surface area contributed by atoms with Crippen LogP contribution in [0.4, 0.5) is 5.69 Å². The van der Waals surface area contributed by atoms with Gasteiger partial charge in [0.1, 0.15) is 0 Å². The molecule has 3 heterocycles. The zero-order chi connectivity index (χ0) is 23.2. The summed E-state index contributed by atoms with van der Waals surface area (Å²) in [5, 5.41) is 14.1. The van der Waals surface area contributed by atoms with Crippen molar-refractivity contribution in [2.24, 2.45) is 5.92 Å². The summed E-state index contributed by atoms with van der Waals surface area (Å²) in [4.78, 5) is 43.5. The fourth-order valence-corrected chi connectivity index (χ4v) is 4.35. The molecule has 1 aliphatic rings. The number of benzene rings is 1. The Labute approximate surface area is 199 Å². The van der Waals surface area contributed by atoms with E-state index >= 15 is 0 Å². The summed E-state index contributed by atoms with van der Waals surface area (Å²) in [6.45, 7) is 1.25. The highest BCUT2D eigenvalue weighted by molar-refractivity contribution is 7.15.